The number of nitrogens with zero attached hydrogens (tertiary/aromatic N) is 3. The fourth-order valence-electron chi connectivity index (χ4n) is 3.32. The second-order valence-corrected chi connectivity index (χ2v) is 6.39. The molecule has 0 bridgehead atoms. The Morgan fingerprint density at radius 3 is 2.65 bits per heavy atom. The summed E-state index contributed by atoms with van der Waals surface area (Å²) < 4.78 is 1.62. The lowest BCUT2D eigenvalue weighted by Crippen LogP contribution is -2.43. The minimum absolute atomic E-state index is 0.0802. The molecule has 7 nitrogen and oxygen atoms in total. The standard InChI is InChI=1S/C16H23N5O2/c1-9-12(8-13(22)21-6-4-11(17)5-7-21)10(2)18-15-14(9)16(23)19-20(15)3/h11H,4-8,17H2,1-3H3,(H,19,23). The van der Waals surface area contributed by atoms with Crippen LogP contribution in [-0.2, 0) is 18.3 Å². The SMILES string of the molecule is Cc1nc2c(c(C)c1CC(=O)N1CCC(N)CC1)c(=O)[nH]n2C. The maximum Gasteiger partial charge on any atom is 0.273 e. The van der Waals surface area contributed by atoms with Gasteiger partial charge in [-0.3, -0.25) is 19.4 Å². The van der Waals surface area contributed by atoms with Gasteiger partial charge in [0.25, 0.3) is 5.56 Å². The lowest BCUT2D eigenvalue weighted by atomic mass is 10.00. The van der Waals surface area contributed by atoms with E-state index in [2.05, 4.69) is 10.1 Å². The van der Waals surface area contributed by atoms with E-state index in [1.165, 1.54) is 0 Å². The summed E-state index contributed by atoms with van der Waals surface area (Å²) in [5, 5.41) is 3.29. The molecular weight excluding hydrogens is 294 g/mol. The normalized spacial score (nSPS) is 16.3. The molecule has 7 heteroatoms. The average Bonchev–Trinajstić information content (AvgIpc) is 2.78. The summed E-state index contributed by atoms with van der Waals surface area (Å²) in [5.74, 6) is 0.0802. The van der Waals surface area contributed by atoms with Crippen molar-refractivity contribution >= 4 is 16.9 Å². The molecule has 3 N–H and O–H groups in total. The first-order chi connectivity index (χ1) is 10.9. The molecule has 0 atom stereocenters. The highest BCUT2D eigenvalue weighted by Gasteiger charge is 2.23. The van der Waals surface area contributed by atoms with E-state index in [0.717, 1.165) is 29.7 Å². The number of carbonyl (C=O) groups excluding carboxylic acids is 1. The third-order valence-corrected chi connectivity index (χ3v) is 4.80. The molecule has 0 radical (unpaired) electrons. The number of piperidine rings is 1. The van der Waals surface area contributed by atoms with Gasteiger partial charge in [0, 0.05) is 31.9 Å². The van der Waals surface area contributed by atoms with Gasteiger partial charge in [0.1, 0.15) is 0 Å². The van der Waals surface area contributed by atoms with Gasteiger partial charge in [-0.05, 0) is 37.8 Å². The molecule has 1 fully saturated rings. The molecule has 1 saturated heterocycles. The molecule has 3 heterocycles. The van der Waals surface area contributed by atoms with Crippen LogP contribution in [-0.4, -0.2) is 44.7 Å². The first kappa shape index (κ1) is 15.7. The Bertz CT molecular complexity index is 812. The number of aryl methyl sites for hydroxylation is 3. The monoisotopic (exact) mass is 317 g/mol. The molecule has 124 valence electrons. The van der Waals surface area contributed by atoms with Crippen LogP contribution in [0, 0.1) is 13.8 Å². The number of hydrogen-bond acceptors (Lipinski definition) is 4. The zero-order valence-corrected chi connectivity index (χ0v) is 13.8. The molecule has 3 rings (SSSR count). The Balaban J connectivity index is 1.92. The molecule has 0 unspecified atom stereocenters. The summed E-state index contributed by atoms with van der Waals surface area (Å²) in [6, 6.07) is 0.198. The van der Waals surface area contributed by atoms with Crippen molar-refractivity contribution in [3.63, 3.8) is 0 Å². The maximum atomic E-state index is 12.6. The summed E-state index contributed by atoms with van der Waals surface area (Å²) in [4.78, 5) is 31.0. The minimum atomic E-state index is -0.162. The molecular formula is C16H23N5O2. The Morgan fingerprint density at radius 2 is 2.00 bits per heavy atom. The molecule has 1 amide bonds. The van der Waals surface area contributed by atoms with Crippen molar-refractivity contribution in [2.24, 2.45) is 12.8 Å². The largest absolute Gasteiger partial charge is 0.342 e. The number of likely N-dealkylation sites (tertiary alicyclic amines) is 1. The topological polar surface area (TPSA) is 97.0 Å². The van der Waals surface area contributed by atoms with Crippen LogP contribution >= 0.6 is 0 Å². The van der Waals surface area contributed by atoms with Crippen LogP contribution in [0.2, 0.25) is 0 Å². The zero-order chi connectivity index (χ0) is 16.7. The van der Waals surface area contributed by atoms with Crippen LogP contribution in [0.3, 0.4) is 0 Å². The van der Waals surface area contributed by atoms with E-state index < -0.39 is 0 Å². The summed E-state index contributed by atoms with van der Waals surface area (Å²) in [7, 11) is 1.76. The Morgan fingerprint density at radius 1 is 1.35 bits per heavy atom. The molecule has 0 aromatic carbocycles. The van der Waals surface area contributed by atoms with Gasteiger partial charge in [0.05, 0.1) is 11.8 Å². The van der Waals surface area contributed by atoms with Gasteiger partial charge in [-0.25, -0.2) is 4.98 Å². The van der Waals surface area contributed by atoms with Gasteiger partial charge in [-0.15, -0.1) is 0 Å². The summed E-state index contributed by atoms with van der Waals surface area (Å²) >= 11 is 0. The first-order valence-corrected chi connectivity index (χ1v) is 7.96. The van der Waals surface area contributed by atoms with Crippen LogP contribution in [0.5, 0.6) is 0 Å². The molecule has 2 aromatic rings. The lowest BCUT2D eigenvalue weighted by molar-refractivity contribution is -0.131. The van der Waals surface area contributed by atoms with Gasteiger partial charge in [0.15, 0.2) is 5.65 Å². The highest BCUT2D eigenvalue weighted by Crippen LogP contribution is 2.21. The summed E-state index contributed by atoms with van der Waals surface area (Å²) in [5.41, 5.74) is 8.86. The van der Waals surface area contributed by atoms with Crippen molar-refractivity contribution in [3.8, 4) is 0 Å². The molecule has 2 aromatic heterocycles. The first-order valence-electron chi connectivity index (χ1n) is 7.96. The number of amides is 1. The van der Waals surface area contributed by atoms with Crippen LogP contribution in [0.25, 0.3) is 11.0 Å². The van der Waals surface area contributed by atoms with E-state index in [-0.39, 0.29) is 23.9 Å². The van der Waals surface area contributed by atoms with Crippen molar-refractivity contribution in [1.82, 2.24) is 19.7 Å². The number of aromatic amines is 1. The van der Waals surface area contributed by atoms with Crippen molar-refractivity contribution < 1.29 is 4.79 Å². The second kappa shape index (κ2) is 5.81. The van der Waals surface area contributed by atoms with E-state index in [4.69, 9.17) is 5.73 Å². The molecule has 1 aliphatic heterocycles. The second-order valence-electron chi connectivity index (χ2n) is 6.39. The van der Waals surface area contributed by atoms with Crippen LogP contribution in [0.1, 0.15) is 29.7 Å². The molecule has 0 saturated carbocycles. The number of carbonyl (C=O) groups is 1. The van der Waals surface area contributed by atoms with Gasteiger partial charge >= 0.3 is 0 Å². The Kier molecular flexibility index (Phi) is 3.97. The molecule has 0 spiro atoms. The number of pyridine rings is 1. The molecule has 23 heavy (non-hydrogen) atoms. The van der Waals surface area contributed by atoms with Crippen molar-refractivity contribution in [1.29, 1.82) is 0 Å². The van der Waals surface area contributed by atoms with Crippen molar-refractivity contribution in [2.75, 3.05) is 13.1 Å². The van der Waals surface area contributed by atoms with Crippen LogP contribution < -0.4 is 11.3 Å². The predicted molar refractivity (Wildman–Crippen MR) is 88.3 cm³/mol. The third-order valence-electron chi connectivity index (χ3n) is 4.80. The van der Waals surface area contributed by atoms with Gasteiger partial charge in [-0.2, -0.15) is 0 Å². The molecule has 1 aliphatic rings. The zero-order valence-electron chi connectivity index (χ0n) is 13.8. The maximum absolute atomic E-state index is 12.6. The number of nitrogens with two attached hydrogens (primary N) is 1. The van der Waals surface area contributed by atoms with Gasteiger partial charge < -0.3 is 10.6 Å². The quantitative estimate of drug-likeness (QED) is 0.836. The fraction of sp³-hybridized carbons (Fsp3) is 0.562. The number of H-pyrrole nitrogens is 1. The van der Waals surface area contributed by atoms with Gasteiger partial charge in [-0.1, -0.05) is 0 Å². The van der Waals surface area contributed by atoms with Crippen molar-refractivity contribution in [3.05, 3.63) is 27.2 Å². The number of nitrogens with one attached hydrogen (secondary N) is 1. The predicted octanol–water partition coefficient (Wildman–Crippen LogP) is 0.371. The van der Waals surface area contributed by atoms with E-state index in [1.807, 2.05) is 18.7 Å². The average molecular weight is 317 g/mol. The van der Waals surface area contributed by atoms with Gasteiger partial charge in [0.2, 0.25) is 5.91 Å². The number of aromatic nitrogens is 3. The number of fused-ring (bicyclic) bond motifs is 1. The summed E-state index contributed by atoms with van der Waals surface area (Å²) in [6.45, 7) is 5.19. The number of hydrogen-bond donors (Lipinski definition) is 2. The minimum Gasteiger partial charge on any atom is -0.342 e. The smallest absolute Gasteiger partial charge is 0.273 e. The van der Waals surface area contributed by atoms with E-state index in [1.54, 1.807) is 11.7 Å². The van der Waals surface area contributed by atoms with E-state index in [9.17, 15) is 9.59 Å². The summed E-state index contributed by atoms with van der Waals surface area (Å²) in [6.07, 6.45) is 1.98. The Labute approximate surface area is 134 Å². The molecule has 0 aliphatic carbocycles. The van der Waals surface area contributed by atoms with Crippen LogP contribution in [0.15, 0.2) is 4.79 Å². The van der Waals surface area contributed by atoms with Crippen LogP contribution in [0.4, 0.5) is 0 Å². The third kappa shape index (κ3) is 2.76. The Hall–Kier alpha value is -2.15. The highest BCUT2D eigenvalue weighted by atomic mass is 16.2. The lowest BCUT2D eigenvalue weighted by Gasteiger charge is -2.30. The highest BCUT2D eigenvalue weighted by molar-refractivity contribution is 5.84. The number of rotatable bonds is 2. The van der Waals surface area contributed by atoms with E-state index in [0.29, 0.717) is 24.1 Å². The van der Waals surface area contributed by atoms with Crippen molar-refractivity contribution in [2.45, 2.75) is 39.2 Å². The fourth-order valence-corrected chi connectivity index (χ4v) is 3.32. The van der Waals surface area contributed by atoms with E-state index >= 15 is 0 Å².